The number of aromatic hydroxyl groups is 1. The Labute approximate surface area is 241 Å². The van der Waals surface area contributed by atoms with Gasteiger partial charge in [-0.3, -0.25) is 24.2 Å². The SMILES string of the molecule is CN(C)c1cc(CN2CCC(F)(F)CC2)c(O)c2c1CC1CC3[C@H](N(C)C)C(=O)C(C(N)=O)=C(O)[C@@]3(O)C(=O)C1=C2O. The Bertz CT molecular complexity index is 1440. The highest BCUT2D eigenvalue weighted by molar-refractivity contribution is 6.24. The first-order valence-corrected chi connectivity index (χ1v) is 13.8. The van der Waals surface area contributed by atoms with Crippen molar-refractivity contribution in [3.63, 3.8) is 0 Å². The van der Waals surface area contributed by atoms with E-state index < -0.39 is 64.0 Å². The van der Waals surface area contributed by atoms with Crippen LogP contribution in [0.2, 0.25) is 0 Å². The highest BCUT2D eigenvalue weighted by atomic mass is 19.3. The van der Waals surface area contributed by atoms with E-state index in [1.165, 1.54) is 4.90 Å². The first-order valence-electron chi connectivity index (χ1n) is 13.8. The summed E-state index contributed by atoms with van der Waals surface area (Å²) in [6.45, 7) is 0.352. The average molecular weight is 591 g/mol. The van der Waals surface area contributed by atoms with Gasteiger partial charge in [-0.15, -0.1) is 0 Å². The van der Waals surface area contributed by atoms with Gasteiger partial charge in [0.2, 0.25) is 5.78 Å². The highest BCUT2D eigenvalue weighted by Crippen LogP contribution is 2.54. The first kappa shape index (κ1) is 29.9. The predicted octanol–water partition coefficient (Wildman–Crippen LogP) is 1.26. The number of nitrogens with two attached hydrogens (primary N) is 1. The van der Waals surface area contributed by atoms with Crippen LogP contribution < -0.4 is 10.6 Å². The van der Waals surface area contributed by atoms with E-state index >= 15 is 0 Å². The van der Waals surface area contributed by atoms with Gasteiger partial charge in [0.05, 0.1) is 11.6 Å². The molecule has 0 radical (unpaired) electrons. The van der Waals surface area contributed by atoms with E-state index in [-0.39, 0.29) is 62.2 Å². The van der Waals surface area contributed by atoms with Crippen molar-refractivity contribution in [2.24, 2.45) is 17.6 Å². The third kappa shape index (κ3) is 4.36. The van der Waals surface area contributed by atoms with Crippen LogP contribution in [0, 0.1) is 11.8 Å². The van der Waals surface area contributed by atoms with Crippen molar-refractivity contribution in [2.75, 3.05) is 46.2 Å². The zero-order chi connectivity index (χ0) is 31.0. The number of hydrogen-bond acceptors (Lipinski definition) is 10. The van der Waals surface area contributed by atoms with Gasteiger partial charge in [0.25, 0.3) is 11.8 Å². The van der Waals surface area contributed by atoms with Crippen molar-refractivity contribution in [3.8, 4) is 5.75 Å². The fraction of sp³-hybridized carbons (Fsp3) is 0.552. The van der Waals surface area contributed by atoms with Crippen LogP contribution in [0.15, 0.2) is 23.0 Å². The van der Waals surface area contributed by atoms with Gasteiger partial charge >= 0.3 is 0 Å². The normalized spacial score (nSPS) is 29.4. The summed E-state index contributed by atoms with van der Waals surface area (Å²) in [4.78, 5) is 44.5. The Morgan fingerprint density at radius 3 is 2.29 bits per heavy atom. The van der Waals surface area contributed by atoms with Gasteiger partial charge in [0.1, 0.15) is 22.8 Å². The number of ketones is 2. The summed E-state index contributed by atoms with van der Waals surface area (Å²) in [6.07, 6.45) is -0.481. The van der Waals surface area contributed by atoms with Crippen LogP contribution in [0.3, 0.4) is 0 Å². The summed E-state index contributed by atoms with van der Waals surface area (Å²) in [6, 6.07) is 0.573. The predicted molar refractivity (Wildman–Crippen MR) is 148 cm³/mol. The number of likely N-dealkylation sites (N-methyl/N-ethyl adjacent to an activating group) is 1. The number of rotatable bonds is 5. The number of carbonyl (C=O) groups excluding carboxylic acids is 3. The minimum Gasteiger partial charge on any atom is -0.508 e. The van der Waals surface area contributed by atoms with E-state index in [1.54, 1.807) is 44.1 Å². The van der Waals surface area contributed by atoms with Crippen LogP contribution in [0.5, 0.6) is 5.75 Å². The van der Waals surface area contributed by atoms with Crippen LogP contribution in [0.4, 0.5) is 14.5 Å². The number of phenolic OH excluding ortho intramolecular Hbond substituents is 1. The van der Waals surface area contributed by atoms with Crippen molar-refractivity contribution in [1.82, 2.24) is 9.80 Å². The maximum absolute atomic E-state index is 14.1. The number of nitrogens with zero attached hydrogens (tertiary/aromatic N) is 3. The molecular weight excluding hydrogens is 554 g/mol. The number of likely N-dealkylation sites (tertiary alicyclic amines) is 1. The number of aliphatic hydroxyl groups is 3. The smallest absolute Gasteiger partial charge is 0.255 e. The van der Waals surface area contributed by atoms with E-state index in [4.69, 9.17) is 5.73 Å². The standard InChI is InChI=1S/C29H36F2N4O7/c1-33(2)17-11-14(12-35-7-5-28(30,31)6-8-35)22(36)19-15(17)9-13-10-16-21(34(3)4)24(38)20(27(32)41)26(40)29(16,42)25(39)18(13)23(19)37/h11,13,16,21,36-37,40,42H,5-10,12H2,1-4H3,(H2,32,41)/t13?,16?,21-,29-/m0/s1. The van der Waals surface area contributed by atoms with Crippen LogP contribution in [-0.4, -0.2) is 107 Å². The lowest BCUT2D eigenvalue weighted by Crippen LogP contribution is -2.65. The number of aliphatic hydroxyl groups excluding tert-OH is 2. The number of phenols is 1. The number of carbonyl (C=O) groups is 3. The van der Waals surface area contributed by atoms with E-state index in [2.05, 4.69) is 0 Å². The topological polar surface area (TPSA) is 168 Å². The molecule has 1 saturated heterocycles. The van der Waals surface area contributed by atoms with E-state index in [9.17, 15) is 43.6 Å². The van der Waals surface area contributed by atoms with Crippen molar-refractivity contribution in [2.45, 2.75) is 49.8 Å². The molecule has 4 aliphatic rings. The number of halogens is 2. The Balaban J connectivity index is 1.65. The molecule has 1 amide bonds. The molecule has 228 valence electrons. The molecule has 1 saturated carbocycles. The number of piperidine rings is 1. The van der Waals surface area contributed by atoms with Gasteiger partial charge in [-0.1, -0.05) is 0 Å². The fourth-order valence-electron chi connectivity index (χ4n) is 7.14. The zero-order valence-corrected chi connectivity index (χ0v) is 23.9. The molecule has 0 bridgehead atoms. The number of amides is 1. The Hall–Kier alpha value is -3.55. The van der Waals surface area contributed by atoms with Crippen LogP contribution in [-0.2, 0) is 27.3 Å². The lowest BCUT2D eigenvalue weighted by molar-refractivity contribution is -0.153. The molecular formula is C29H36F2N4O7. The summed E-state index contributed by atoms with van der Waals surface area (Å²) in [5.41, 5.74) is 3.06. The number of benzene rings is 1. The van der Waals surface area contributed by atoms with Crippen LogP contribution in [0.1, 0.15) is 36.0 Å². The number of alkyl halides is 2. The zero-order valence-electron chi connectivity index (χ0n) is 23.9. The van der Waals surface area contributed by atoms with Crippen molar-refractivity contribution in [1.29, 1.82) is 0 Å². The maximum Gasteiger partial charge on any atom is 0.255 e. The molecule has 1 heterocycles. The Morgan fingerprint density at radius 2 is 1.74 bits per heavy atom. The molecule has 3 aliphatic carbocycles. The molecule has 1 aromatic rings. The number of hydrogen-bond donors (Lipinski definition) is 5. The van der Waals surface area contributed by atoms with E-state index in [1.807, 2.05) is 0 Å². The van der Waals surface area contributed by atoms with Crippen molar-refractivity contribution >= 4 is 28.9 Å². The lowest BCUT2D eigenvalue weighted by atomic mass is 9.57. The summed E-state index contributed by atoms with van der Waals surface area (Å²) in [7, 11) is 6.63. The summed E-state index contributed by atoms with van der Waals surface area (Å²) in [5, 5.41) is 45.8. The second-order valence-corrected chi connectivity index (χ2v) is 12.2. The van der Waals surface area contributed by atoms with Crippen LogP contribution >= 0.6 is 0 Å². The second kappa shape index (κ2) is 10.0. The third-order valence-electron chi connectivity index (χ3n) is 9.24. The molecule has 1 aliphatic heterocycles. The summed E-state index contributed by atoms with van der Waals surface area (Å²) >= 11 is 0. The summed E-state index contributed by atoms with van der Waals surface area (Å²) in [5.74, 6) is -9.85. The van der Waals surface area contributed by atoms with E-state index in [0.717, 1.165) is 0 Å². The molecule has 2 unspecified atom stereocenters. The lowest BCUT2D eigenvalue weighted by Gasteiger charge is -2.50. The molecule has 6 N–H and O–H groups in total. The summed E-state index contributed by atoms with van der Waals surface area (Å²) < 4.78 is 27.5. The molecule has 0 spiro atoms. The molecule has 13 heteroatoms. The van der Waals surface area contributed by atoms with Gasteiger partial charge in [0.15, 0.2) is 11.4 Å². The number of fused-ring (bicyclic) bond motifs is 3. The minimum atomic E-state index is -2.75. The van der Waals surface area contributed by atoms with Crippen molar-refractivity contribution in [3.05, 3.63) is 39.7 Å². The molecule has 1 aromatic carbocycles. The third-order valence-corrected chi connectivity index (χ3v) is 9.24. The van der Waals surface area contributed by atoms with Gasteiger partial charge in [-0.05, 0) is 44.5 Å². The molecule has 0 aromatic heterocycles. The van der Waals surface area contributed by atoms with Gasteiger partial charge in [-0.2, -0.15) is 0 Å². The number of anilines is 1. The largest absolute Gasteiger partial charge is 0.508 e. The monoisotopic (exact) mass is 590 g/mol. The van der Waals surface area contributed by atoms with Crippen molar-refractivity contribution < 1.29 is 43.6 Å². The number of primary amides is 1. The van der Waals surface area contributed by atoms with Crippen LogP contribution in [0.25, 0.3) is 5.76 Å². The van der Waals surface area contributed by atoms with Gasteiger partial charge in [-0.25, -0.2) is 8.78 Å². The first-order chi connectivity index (χ1) is 19.5. The molecule has 11 nitrogen and oxygen atoms in total. The number of Topliss-reactive ketones (excluding diaryl/α,β-unsaturated/α-hetero) is 2. The highest BCUT2D eigenvalue weighted by Gasteiger charge is 2.64. The maximum atomic E-state index is 14.1. The molecule has 2 fully saturated rings. The molecule has 4 atom stereocenters. The quantitative estimate of drug-likeness (QED) is 0.315. The second-order valence-electron chi connectivity index (χ2n) is 12.2. The molecule has 42 heavy (non-hydrogen) atoms. The van der Waals surface area contributed by atoms with Gasteiger partial charge < -0.3 is 31.1 Å². The van der Waals surface area contributed by atoms with Gasteiger partial charge in [0, 0.05) is 69.3 Å². The Kier molecular flexibility index (Phi) is 7.14. The Morgan fingerprint density at radius 1 is 1.12 bits per heavy atom. The fourth-order valence-corrected chi connectivity index (χ4v) is 7.14. The molecule has 5 rings (SSSR count). The average Bonchev–Trinajstić information content (AvgIpc) is 2.88. The minimum absolute atomic E-state index is 0.0108. The van der Waals surface area contributed by atoms with E-state index in [0.29, 0.717) is 16.8 Å².